The summed E-state index contributed by atoms with van der Waals surface area (Å²) in [5.74, 6) is 0.0687. The van der Waals surface area contributed by atoms with Crippen molar-refractivity contribution >= 4 is 28.4 Å². The van der Waals surface area contributed by atoms with Gasteiger partial charge in [0.1, 0.15) is 5.78 Å². The van der Waals surface area contributed by atoms with E-state index in [1.807, 2.05) is 0 Å². The molecule has 2 N–H and O–H groups in total. The standard InChI is InChI=1S/C6H12INO/c1-5(9)6(2,8)3-4-7/h3-4,8H2,1-2H3/t6-/m1/s1. The Hall–Kier alpha value is 0.360. The first-order valence-electron chi connectivity index (χ1n) is 2.86. The van der Waals surface area contributed by atoms with E-state index in [-0.39, 0.29) is 5.78 Å². The smallest absolute Gasteiger partial charge is 0.149 e. The summed E-state index contributed by atoms with van der Waals surface area (Å²) in [4.78, 5) is 10.7. The number of Topliss-reactive ketones (excluding diaryl/α,β-unsaturated/α-hetero) is 1. The topological polar surface area (TPSA) is 43.1 Å². The van der Waals surface area contributed by atoms with Crippen LogP contribution in [0.2, 0.25) is 0 Å². The van der Waals surface area contributed by atoms with Crippen molar-refractivity contribution in [3.8, 4) is 0 Å². The summed E-state index contributed by atoms with van der Waals surface area (Å²) in [6, 6.07) is 0. The molecular formula is C6H12INO. The van der Waals surface area contributed by atoms with E-state index in [9.17, 15) is 4.79 Å². The van der Waals surface area contributed by atoms with Crippen molar-refractivity contribution in [1.82, 2.24) is 0 Å². The Labute approximate surface area is 69.3 Å². The summed E-state index contributed by atoms with van der Waals surface area (Å²) in [6.07, 6.45) is 0.767. The Morgan fingerprint density at radius 2 is 2.22 bits per heavy atom. The fraction of sp³-hybridized carbons (Fsp3) is 0.833. The van der Waals surface area contributed by atoms with Gasteiger partial charge in [-0.1, -0.05) is 22.6 Å². The molecule has 0 aliphatic rings. The predicted octanol–water partition coefficient (Wildman–Crippen LogP) is 1.12. The first kappa shape index (κ1) is 9.36. The van der Waals surface area contributed by atoms with Crippen LogP contribution in [0.4, 0.5) is 0 Å². The minimum atomic E-state index is -0.596. The summed E-state index contributed by atoms with van der Waals surface area (Å²) >= 11 is 2.21. The maximum Gasteiger partial charge on any atom is 0.149 e. The van der Waals surface area contributed by atoms with Crippen molar-refractivity contribution < 1.29 is 4.79 Å². The molecule has 0 aliphatic carbocycles. The number of carbonyl (C=O) groups is 1. The molecule has 0 aromatic rings. The molecule has 0 spiro atoms. The van der Waals surface area contributed by atoms with Crippen molar-refractivity contribution in [2.45, 2.75) is 25.8 Å². The number of halogens is 1. The molecule has 0 heterocycles. The fourth-order valence-corrected chi connectivity index (χ4v) is 1.49. The van der Waals surface area contributed by atoms with Gasteiger partial charge in [0.15, 0.2) is 0 Å². The van der Waals surface area contributed by atoms with E-state index >= 15 is 0 Å². The number of nitrogens with two attached hydrogens (primary N) is 1. The molecule has 0 aromatic carbocycles. The highest BCUT2D eigenvalue weighted by Crippen LogP contribution is 2.08. The zero-order chi connectivity index (χ0) is 7.49. The quantitative estimate of drug-likeness (QED) is 0.594. The average molecular weight is 241 g/mol. The zero-order valence-corrected chi connectivity index (χ0v) is 7.94. The van der Waals surface area contributed by atoms with Crippen LogP contribution in [0.1, 0.15) is 20.3 Å². The fourth-order valence-electron chi connectivity index (χ4n) is 0.372. The normalized spacial score (nSPS) is 16.9. The van der Waals surface area contributed by atoms with Crippen LogP contribution in [-0.4, -0.2) is 15.7 Å². The monoisotopic (exact) mass is 241 g/mol. The minimum absolute atomic E-state index is 0.0687. The highest BCUT2D eigenvalue weighted by molar-refractivity contribution is 14.1. The molecule has 0 amide bonds. The average Bonchev–Trinajstić information content (AvgIpc) is 1.65. The molecule has 0 fully saturated rings. The molecule has 0 aromatic heterocycles. The van der Waals surface area contributed by atoms with E-state index in [0.29, 0.717) is 0 Å². The first-order chi connectivity index (χ1) is 4.00. The van der Waals surface area contributed by atoms with Gasteiger partial charge in [-0.3, -0.25) is 4.79 Å². The molecule has 0 unspecified atom stereocenters. The predicted molar refractivity (Wildman–Crippen MR) is 46.8 cm³/mol. The lowest BCUT2D eigenvalue weighted by Crippen LogP contribution is -2.43. The molecule has 0 radical (unpaired) electrons. The number of rotatable bonds is 3. The van der Waals surface area contributed by atoms with E-state index in [2.05, 4.69) is 22.6 Å². The summed E-state index contributed by atoms with van der Waals surface area (Å²) in [7, 11) is 0. The van der Waals surface area contributed by atoms with Crippen molar-refractivity contribution in [2.24, 2.45) is 5.73 Å². The minimum Gasteiger partial charge on any atom is -0.319 e. The van der Waals surface area contributed by atoms with Crippen LogP contribution in [0.25, 0.3) is 0 Å². The third kappa shape index (κ3) is 3.15. The molecule has 0 bridgehead atoms. The SMILES string of the molecule is CC(=O)[C@](C)(N)CCI. The van der Waals surface area contributed by atoms with E-state index in [1.165, 1.54) is 6.92 Å². The lowest BCUT2D eigenvalue weighted by atomic mass is 9.96. The Balaban J connectivity index is 3.85. The van der Waals surface area contributed by atoms with E-state index in [0.717, 1.165) is 10.8 Å². The second-order valence-electron chi connectivity index (χ2n) is 2.41. The van der Waals surface area contributed by atoms with Gasteiger partial charge in [-0.15, -0.1) is 0 Å². The van der Waals surface area contributed by atoms with Crippen molar-refractivity contribution in [1.29, 1.82) is 0 Å². The summed E-state index contributed by atoms with van der Waals surface area (Å²) in [6.45, 7) is 3.31. The second-order valence-corrected chi connectivity index (χ2v) is 3.49. The lowest BCUT2D eigenvalue weighted by molar-refractivity contribution is -0.121. The van der Waals surface area contributed by atoms with Gasteiger partial charge < -0.3 is 5.73 Å². The largest absolute Gasteiger partial charge is 0.319 e. The Morgan fingerprint density at radius 3 is 2.33 bits per heavy atom. The Morgan fingerprint density at radius 1 is 1.78 bits per heavy atom. The zero-order valence-electron chi connectivity index (χ0n) is 5.78. The van der Waals surface area contributed by atoms with Crippen molar-refractivity contribution in [3.63, 3.8) is 0 Å². The maximum atomic E-state index is 10.7. The number of carbonyl (C=O) groups excluding carboxylic acids is 1. The van der Waals surface area contributed by atoms with Gasteiger partial charge in [-0.05, 0) is 20.3 Å². The molecule has 2 nitrogen and oxygen atoms in total. The Bertz CT molecular complexity index is 112. The molecule has 54 valence electrons. The highest BCUT2D eigenvalue weighted by atomic mass is 127. The van der Waals surface area contributed by atoms with Crippen LogP contribution in [0.15, 0.2) is 0 Å². The molecular weight excluding hydrogens is 229 g/mol. The highest BCUT2D eigenvalue weighted by Gasteiger charge is 2.22. The van der Waals surface area contributed by atoms with Crippen LogP contribution >= 0.6 is 22.6 Å². The van der Waals surface area contributed by atoms with Gasteiger partial charge >= 0.3 is 0 Å². The van der Waals surface area contributed by atoms with Crippen LogP contribution < -0.4 is 5.73 Å². The van der Waals surface area contributed by atoms with E-state index in [4.69, 9.17) is 5.73 Å². The third-order valence-corrected chi connectivity index (χ3v) is 1.96. The van der Waals surface area contributed by atoms with Crippen LogP contribution in [0.3, 0.4) is 0 Å². The summed E-state index contributed by atoms with van der Waals surface area (Å²) < 4.78 is 0.935. The Kier molecular flexibility index (Phi) is 3.65. The van der Waals surface area contributed by atoms with Crippen molar-refractivity contribution in [2.75, 3.05) is 4.43 Å². The summed E-state index contributed by atoms with van der Waals surface area (Å²) in [5.41, 5.74) is 5.02. The van der Waals surface area contributed by atoms with Gasteiger partial charge in [-0.25, -0.2) is 0 Å². The summed E-state index contributed by atoms with van der Waals surface area (Å²) in [5, 5.41) is 0. The molecule has 1 atom stereocenters. The van der Waals surface area contributed by atoms with Crippen LogP contribution in [-0.2, 0) is 4.79 Å². The second kappa shape index (κ2) is 3.51. The molecule has 3 heteroatoms. The van der Waals surface area contributed by atoms with Crippen LogP contribution in [0.5, 0.6) is 0 Å². The first-order valence-corrected chi connectivity index (χ1v) is 4.39. The molecule has 9 heavy (non-hydrogen) atoms. The molecule has 0 rings (SSSR count). The van der Waals surface area contributed by atoms with Gasteiger partial charge in [0.25, 0.3) is 0 Å². The number of hydrogen-bond acceptors (Lipinski definition) is 2. The van der Waals surface area contributed by atoms with Gasteiger partial charge in [0, 0.05) is 4.43 Å². The van der Waals surface area contributed by atoms with Gasteiger partial charge in [-0.2, -0.15) is 0 Å². The van der Waals surface area contributed by atoms with E-state index in [1.54, 1.807) is 6.92 Å². The molecule has 0 aliphatic heterocycles. The third-order valence-electron chi connectivity index (χ3n) is 1.42. The van der Waals surface area contributed by atoms with Gasteiger partial charge in [0.2, 0.25) is 0 Å². The number of hydrogen-bond donors (Lipinski definition) is 1. The maximum absolute atomic E-state index is 10.7. The van der Waals surface area contributed by atoms with Gasteiger partial charge in [0.05, 0.1) is 5.54 Å². The number of alkyl halides is 1. The molecule has 0 saturated heterocycles. The van der Waals surface area contributed by atoms with E-state index < -0.39 is 5.54 Å². The number of ketones is 1. The van der Waals surface area contributed by atoms with Crippen molar-refractivity contribution in [3.05, 3.63) is 0 Å². The lowest BCUT2D eigenvalue weighted by Gasteiger charge is -2.18. The molecule has 0 saturated carbocycles. The van der Waals surface area contributed by atoms with Crippen LogP contribution in [0, 0.1) is 0 Å².